The highest BCUT2D eigenvalue weighted by Gasteiger charge is 2.53. The fraction of sp³-hybridized carbons (Fsp3) is 0.333. The molecule has 170 valence electrons. The molecule has 1 saturated heterocycles. The van der Waals surface area contributed by atoms with E-state index in [-0.39, 0.29) is 5.41 Å². The van der Waals surface area contributed by atoms with E-state index in [0.717, 1.165) is 31.5 Å². The van der Waals surface area contributed by atoms with Crippen molar-refractivity contribution in [2.45, 2.75) is 37.9 Å². The van der Waals surface area contributed by atoms with Gasteiger partial charge < -0.3 is 15.0 Å². The second-order valence-electron chi connectivity index (χ2n) is 9.20. The molecule has 2 aliphatic rings. The van der Waals surface area contributed by atoms with Gasteiger partial charge in [0.1, 0.15) is 5.75 Å². The third kappa shape index (κ3) is 4.18. The van der Waals surface area contributed by atoms with Gasteiger partial charge in [-0.25, -0.2) is 4.79 Å². The molecule has 6 heteroatoms. The molecule has 0 bridgehead atoms. The topological polar surface area (TPSA) is 57.7 Å². The lowest BCUT2D eigenvalue weighted by Gasteiger charge is -2.34. The average molecular weight is 443 g/mol. The number of anilines is 1. The van der Waals surface area contributed by atoms with E-state index in [0.29, 0.717) is 18.5 Å². The molecular formula is C27H30N4O2. The van der Waals surface area contributed by atoms with Crippen LogP contribution in [0.5, 0.6) is 5.75 Å². The Kier molecular flexibility index (Phi) is 5.77. The van der Waals surface area contributed by atoms with Gasteiger partial charge in [0.25, 0.3) is 0 Å². The van der Waals surface area contributed by atoms with Crippen molar-refractivity contribution in [3.8, 4) is 5.75 Å². The van der Waals surface area contributed by atoms with Gasteiger partial charge in [0.05, 0.1) is 6.17 Å². The van der Waals surface area contributed by atoms with Crippen LogP contribution in [0.15, 0.2) is 73.1 Å². The molecule has 3 heterocycles. The SMILES string of the molecule is CN1c2ccc(OC(=O)NCc3ccccc3)cc2[C@]2(C)CCN(CCc3ccncc3)C12. The molecule has 1 unspecified atom stereocenters. The molecule has 5 rings (SSSR count). The minimum Gasteiger partial charge on any atom is -0.410 e. The van der Waals surface area contributed by atoms with Gasteiger partial charge in [0, 0.05) is 50.2 Å². The summed E-state index contributed by atoms with van der Waals surface area (Å²) in [5.41, 5.74) is 4.83. The fourth-order valence-electron chi connectivity index (χ4n) is 5.42. The quantitative estimate of drug-likeness (QED) is 0.615. The van der Waals surface area contributed by atoms with Gasteiger partial charge in [-0.3, -0.25) is 9.88 Å². The monoisotopic (exact) mass is 442 g/mol. The largest absolute Gasteiger partial charge is 0.412 e. The van der Waals surface area contributed by atoms with Crippen molar-refractivity contribution in [2.24, 2.45) is 0 Å². The normalized spacial score (nSPS) is 21.5. The van der Waals surface area contributed by atoms with Crippen LogP contribution < -0.4 is 15.0 Å². The van der Waals surface area contributed by atoms with Crippen molar-refractivity contribution in [3.05, 3.63) is 89.7 Å². The molecule has 2 aromatic carbocycles. The first-order valence-corrected chi connectivity index (χ1v) is 11.5. The number of pyridine rings is 1. The van der Waals surface area contributed by atoms with E-state index in [9.17, 15) is 4.79 Å². The standard InChI is InChI=1S/C27H30N4O2/c1-27-13-17-31(16-12-20-10-14-28-15-11-20)25(27)30(2)24-9-8-22(18-23(24)27)33-26(32)29-19-21-6-4-3-5-7-21/h3-11,14-15,18,25H,12-13,16-17,19H2,1-2H3,(H,29,32)/t25?,27-/m0/s1. The summed E-state index contributed by atoms with van der Waals surface area (Å²) in [6.07, 6.45) is 5.68. The van der Waals surface area contributed by atoms with Crippen LogP contribution in [-0.4, -0.2) is 42.3 Å². The summed E-state index contributed by atoms with van der Waals surface area (Å²) in [4.78, 5) is 21.5. The van der Waals surface area contributed by atoms with Crippen LogP contribution in [0.3, 0.4) is 0 Å². The Labute approximate surface area is 195 Å². The molecule has 0 spiro atoms. The number of benzene rings is 2. The Bertz CT molecular complexity index is 1120. The van der Waals surface area contributed by atoms with Crippen LogP contribution in [0.4, 0.5) is 10.5 Å². The lowest BCUT2D eigenvalue weighted by Crippen LogP contribution is -2.47. The number of nitrogens with one attached hydrogen (secondary N) is 1. The molecule has 0 saturated carbocycles. The van der Waals surface area contributed by atoms with Crippen molar-refractivity contribution < 1.29 is 9.53 Å². The van der Waals surface area contributed by atoms with Crippen molar-refractivity contribution in [1.82, 2.24) is 15.2 Å². The predicted molar refractivity (Wildman–Crippen MR) is 129 cm³/mol. The number of rotatable bonds is 6. The van der Waals surface area contributed by atoms with E-state index in [4.69, 9.17) is 4.74 Å². The first-order valence-electron chi connectivity index (χ1n) is 11.5. The molecule has 33 heavy (non-hydrogen) atoms. The molecule has 1 fully saturated rings. The third-order valence-electron chi connectivity index (χ3n) is 7.09. The van der Waals surface area contributed by atoms with Gasteiger partial charge in [-0.2, -0.15) is 0 Å². The predicted octanol–water partition coefficient (Wildman–Crippen LogP) is 4.35. The number of aromatic nitrogens is 1. The molecular weight excluding hydrogens is 412 g/mol. The maximum Gasteiger partial charge on any atom is 0.412 e. The van der Waals surface area contributed by atoms with Crippen LogP contribution in [0.2, 0.25) is 0 Å². The van der Waals surface area contributed by atoms with E-state index in [1.54, 1.807) is 0 Å². The van der Waals surface area contributed by atoms with Crippen molar-refractivity contribution in [3.63, 3.8) is 0 Å². The molecule has 0 radical (unpaired) electrons. The van der Waals surface area contributed by atoms with Crippen molar-refractivity contribution in [1.29, 1.82) is 0 Å². The van der Waals surface area contributed by atoms with Crippen LogP contribution >= 0.6 is 0 Å². The zero-order valence-corrected chi connectivity index (χ0v) is 19.2. The number of likely N-dealkylation sites (tertiary alicyclic amines) is 1. The van der Waals surface area contributed by atoms with Crippen LogP contribution in [-0.2, 0) is 18.4 Å². The highest BCUT2D eigenvalue weighted by Crippen LogP contribution is 2.52. The number of amides is 1. The Morgan fingerprint density at radius 1 is 1.12 bits per heavy atom. The lowest BCUT2D eigenvalue weighted by atomic mass is 9.81. The second kappa shape index (κ2) is 8.87. The maximum atomic E-state index is 12.4. The van der Waals surface area contributed by atoms with Crippen molar-refractivity contribution in [2.75, 3.05) is 25.0 Å². The Morgan fingerprint density at radius 3 is 2.70 bits per heavy atom. The zero-order valence-electron chi connectivity index (χ0n) is 19.2. The number of likely N-dealkylation sites (N-methyl/N-ethyl adjacent to an activating group) is 1. The highest BCUT2D eigenvalue weighted by atomic mass is 16.6. The molecule has 1 aromatic heterocycles. The first kappa shape index (κ1) is 21.5. The smallest absolute Gasteiger partial charge is 0.410 e. The Morgan fingerprint density at radius 2 is 1.91 bits per heavy atom. The van der Waals surface area contributed by atoms with Crippen LogP contribution in [0.25, 0.3) is 0 Å². The molecule has 1 amide bonds. The zero-order chi connectivity index (χ0) is 22.8. The molecule has 1 N–H and O–H groups in total. The van der Waals surface area contributed by atoms with E-state index in [1.807, 2.05) is 48.8 Å². The number of fused-ring (bicyclic) bond motifs is 3. The van der Waals surface area contributed by atoms with Gasteiger partial charge in [-0.05, 0) is 59.9 Å². The highest BCUT2D eigenvalue weighted by molar-refractivity contribution is 5.72. The Balaban J connectivity index is 1.27. The van der Waals surface area contributed by atoms with E-state index >= 15 is 0 Å². The minimum absolute atomic E-state index is 0.00219. The van der Waals surface area contributed by atoms with Crippen molar-refractivity contribution >= 4 is 11.8 Å². The summed E-state index contributed by atoms with van der Waals surface area (Å²) >= 11 is 0. The molecule has 6 nitrogen and oxygen atoms in total. The molecule has 2 atom stereocenters. The number of nitrogens with zero attached hydrogens (tertiary/aromatic N) is 3. The lowest BCUT2D eigenvalue weighted by molar-refractivity contribution is 0.200. The van der Waals surface area contributed by atoms with Gasteiger partial charge in [0.15, 0.2) is 0 Å². The fourth-order valence-corrected chi connectivity index (χ4v) is 5.42. The minimum atomic E-state index is -0.433. The summed E-state index contributed by atoms with van der Waals surface area (Å²) in [5.74, 6) is 0.588. The number of ether oxygens (including phenoxy) is 1. The summed E-state index contributed by atoms with van der Waals surface area (Å²) < 4.78 is 5.63. The Hall–Kier alpha value is -3.38. The van der Waals surface area contributed by atoms with E-state index in [2.05, 4.69) is 58.3 Å². The van der Waals surface area contributed by atoms with Crippen LogP contribution in [0, 0.1) is 0 Å². The summed E-state index contributed by atoms with van der Waals surface area (Å²) in [6.45, 7) is 4.85. The van der Waals surface area contributed by atoms with E-state index < -0.39 is 6.09 Å². The maximum absolute atomic E-state index is 12.4. The first-order chi connectivity index (χ1) is 16.0. The number of carbonyl (C=O) groups excluding carboxylic acids is 1. The molecule has 3 aromatic rings. The van der Waals surface area contributed by atoms with E-state index in [1.165, 1.54) is 16.8 Å². The van der Waals surface area contributed by atoms with Gasteiger partial charge >= 0.3 is 6.09 Å². The number of hydrogen-bond acceptors (Lipinski definition) is 5. The number of hydrogen-bond donors (Lipinski definition) is 1. The van der Waals surface area contributed by atoms with Crippen LogP contribution in [0.1, 0.15) is 30.0 Å². The third-order valence-corrected chi connectivity index (χ3v) is 7.09. The van der Waals surface area contributed by atoms with Gasteiger partial charge in [-0.1, -0.05) is 37.3 Å². The average Bonchev–Trinajstić information content (AvgIpc) is 3.29. The molecule has 0 aliphatic carbocycles. The second-order valence-corrected chi connectivity index (χ2v) is 9.20. The summed E-state index contributed by atoms with van der Waals surface area (Å²) in [7, 11) is 2.17. The number of carbonyl (C=O) groups is 1. The van der Waals surface area contributed by atoms with Gasteiger partial charge in [-0.15, -0.1) is 0 Å². The summed E-state index contributed by atoms with van der Waals surface area (Å²) in [6, 6.07) is 20.0. The molecule has 2 aliphatic heterocycles. The summed E-state index contributed by atoms with van der Waals surface area (Å²) in [5, 5.41) is 2.83. The van der Waals surface area contributed by atoms with Gasteiger partial charge in [0.2, 0.25) is 0 Å².